The fourth-order valence-electron chi connectivity index (χ4n) is 6.07. The Morgan fingerprint density at radius 2 is 2.15 bits per heavy atom. The van der Waals surface area contributed by atoms with Crippen LogP contribution < -0.4 is 10.1 Å². The maximum absolute atomic E-state index is 14.3. The number of fused-ring (bicyclic) bond motifs is 1. The minimum absolute atomic E-state index is 0.0361. The lowest BCUT2D eigenvalue weighted by molar-refractivity contribution is -0.147. The van der Waals surface area contributed by atoms with Gasteiger partial charge < -0.3 is 24.6 Å². The summed E-state index contributed by atoms with van der Waals surface area (Å²) in [4.78, 5) is 19.0. The van der Waals surface area contributed by atoms with Crippen LogP contribution in [0.25, 0.3) is 0 Å². The molecular formula is C30H38F3N3O5. The molecule has 2 saturated heterocycles. The number of alkyl halides is 2. The Balaban J connectivity index is 1.15. The van der Waals surface area contributed by atoms with Gasteiger partial charge in [-0.25, -0.2) is 13.2 Å². The van der Waals surface area contributed by atoms with Crippen molar-refractivity contribution in [3.8, 4) is 5.75 Å². The molecule has 1 aromatic carbocycles. The maximum Gasteiger partial charge on any atom is 0.325 e. The first kappa shape index (κ1) is 29.6. The van der Waals surface area contributed by atoms with E-state index in [2.05, 4.69) is 5.32 Å². The van der Waals surface area contributed by atoms with E-state index in [0.717, 1.165) is 61.5 Å². The summed E-state index contributed by atoms with van der Waals surface area (Å²) in [5.41, 5.74) is 3.74. The van der Waals surface area contributed by atoms with E-state index in [1.54, 1.807) is 12.0 Å². The van der Waals surface area contributed by atoms with Crippen LogP contribution in [-0.2, 0) is 27.1 Å². The van der Waals surface area contributed by atoms with Gasteiger partial charge in [0, 0.05) is 44.4 Å². The van der Waals surface area contributed by atoms with Gasteiger partial charge in [-0.15, -0.1) is 0 Å². The summed E-state index contributed by atoms with van der Waals surface area (Å²) in [6.07, 6.45) is 3.99. The van der Waals surface area contributed by atoms with Crippen LogP contribution in [0.5, 0.6) is 5.75 Å². The topological polar surface area (TPSA) is 93.2 Å². The summed E-state index contributed by atoms with van der Waals surface area (Å²) in [7, 11) is 1.67. The lowest BCUT2D eigenvalue weighted by Crippen LogP contribution is -2.36. The van der Waals surface area contributed by atoms with Crippen molar-refractivity contribution in [2.75, 3.05) is 45.3 Å². The average Bonchev–Trinajstić information content (AvgIpc) is 3.41. The fourth-order valence-corrected chi connectivity index (χ4v) is 6.07. The molecule has 8 nitrogen and oxygen atoms in total. The summed E-state index contributed by atoms with van der Waals surface area (Å²) < 4.78 is 58.6. The van der Waals surface area contributed by atoms with E-state index in [4.69, 9.17) is 19.2 Å². The number of nitrogens with zero attached hydrogens (tertiary/aromatic N) is 2. The Bertz CT molecular complexity index is 1200. The Labute approximate surface area is 238 Å². The molecule has 4 heterocycles. The molecule has 0 amide bonds. The number of unbranched alkanes of at least 4 members (excludes halogenated alkanes) is 1. The Hall–Kier alpha value is -2.89. The van der Waals surface area contributed by atoms with Gasteiger partial charge in [0.25, 0.3) is 5.92 Å². The van der Waals surface area contributed by atoms with Crippen LogP contribution in [0.15, 0.2) is 24.3 Å². The number of aromatic nitrogens is 1. The number of aryl methyl sites for hydroxylation is 2. The molecule has 41 heavy (non-hydrogen) atoms. The number of likely N-dealkylation sites (tertiary alicyclic amines) is 1. The lowest BCUT2D eigenvalue weighted by atomic mass is 9.91. The molecule has 2 fully saturated rings. The first-order valence-corrected chi connectivity index (χ1v) is 14.4. The smallest absolute Gasteiger partial charge is 0.325 e. The first-order valence-electron chi connectivity index (χ1n) is 14.4. The van der Waals surface area contributed by atoms with E-state index in [1.165, 1.54) is 18.2 Å². The number of carbonyl (C=O) groups is 1. The zero-order valence-corrected chi connectivity index (χ0v) is 23.3. The molecule has 0 radical (unpaired) electrons. The van der Waals surface area contributed by atoms with E-state index in [-0.39, 0.29) is 24.5 Å². The third-order valence-electron chi connectivity index (χ3n) is 8.14. The summed E-state index contributed by atoms with van der Waals surface area (Å²) in [6.45, 7) is 1.57. The summed E-state index contributed by atoms with van der Waals surface area (Å²) in [6, 6.07) is 4.74. The molecule has 2 aromatic rings. The van der Waals surface area contributed by atoms with Crippen molar-refractivity contribution in [3.63, 3.8) is 0 Å². The van der Waals surface area contributed by atoms with Gasteiger partial charge in [-0.3, -0.25) is 14.7 Å². The quantitative estimate of drug-likeness (QED) is 0.347. The van der Waals surface area contributed by atoms with Gasteiger partial charge in [-0.05, 0) is 68.2 Å². The molecule has 11 heteroatoms. The fraction of sp³-hybridized carbons (Fsp3) is 0.600. The van der Waals surface area contributed by atoms with Crippen molar-refractivity contribution in [2.45, 2.75) is 75.5 Å². The van der Waals surface area contributed by atoms with E-state index in [0.29, 0.717) is 31.7 Å². The molecule has 3 aliphatic rings. The number of ether oxygens (including phenoxy) is 3. The second-order valence-corrected chi connectivity index (χ2v) is 11.1. The molecule has 2 unspecified atom stereocenters. The van der Waals surface area contributed by atoms with E-state index >= 15 is 0 Å². The summed E-state index contributed by atoms with van der Waals surface area (Å²) in [5, 5.41) is 13.5. The minimum Gasteiger partial charge on any atom is -0.494 e. The molecule has 3 atom stereocenters. The number of anilines is 1. The Kier molecular flexibility index (Phi) is 9.35. The molecule has 3 aliphatic heterocycles. The third-order valence-corrected chi connectivity index (χ3v) is 8.14. The van der Waals surface area contributed by atoms with Crippen molar-refractivity contribution >= 4 is 11.7 Å². The highest BCUT2D eigenvalue weighted by molar-refractivity contribution is 5.76. The number of carboxylic acids is 1. The van der Waals surface area contributed by atoms with Gasteiger partial charge >= 0.3 is 5.97 Å². The highest BCUT2D eigenvalue weighted by atomic mass is 19.3. The van der Waals surface area contributed by atoms with Gasteiger partial charge in [-0.2, -0.15) is 0 Å². The Morgan fingerprint density at radius 1 is 1.29 bits per heavy atom. The predicted molar refractivity (Wildman–Crippen MR) is 146 cm³/mol. The number of halogens is 3. The van der Waals surface area contributed by atoms with Crippen molar-refractivity contribution in [3.05, 3.63) is 52.6 Å². The van der Waals surface area contributed by atoms with Crippen molar-refractivity contribution < 1.29 is 37.3 Å². The van der Waals surface area contributed by atoms with E-state index in [1.807, 2.05) is 6.07 Å². The minimum atomic E-state index is -2.91. The molecular weight excluding hydrogens is 539 g/mol. The summed E-state index contributed by atoms with van der Waals surface area (Å²) in [5.74, 6) is -3.79. The highest BCUT2D eigenvalue weighted by Crippen LogP contribution is 2.40. The van der Waals surface area contributed by atoms with Gasteiger partial charge in [-0.1, -0.05) is 6.07 Å². The molecule has 0 saturated carbocycles. The maximum atomic E-state index is 14.3. The van der Waals surface area contributed by atoms with Gasteiger partial charge in [0.1, 0.15) is 24.2 Å². The number of methoxy groups -OCH3 is 1. The molecule has 2 N–H and O–H groups in total. The number of pyridine rings is 1. The van der Waals surface area contributed by atoms with E-state index < -0.39 is 36.5 Å². The molecule has 5 rings (SSSR count). The number of hydrogen-bond donors (Lipinski definition) is 2. The molecule has 1 aromatic heterocycles. The number of aliphatic carboxylic acids is 1. The van der Waals surface area contributed by atoms with Crippen LogP contribution in [0.2, 0.25) is 0 Å². The zero-order chi connectivity index (χ0) is 29.0. The zero-order valence-electron chi connectivity index (χ0n) is 23.3. The molecule has 224 valence electrons. The molecule has 0 aliphatic carbocycles. The van der Waals surface area contributed by atoms with Gasteiger partial charge in [0.05, 0.1) is 30.7 Å². The predicted octanol–water partition coefficient (Wildman–Crippen LogP) is 5.31. The van der Waals surface area contributed by atoms with Crippen molar-refractivity contribution in [1.29, 1.82) is 0 Å². The lowest BCUT2D eigenvalue weighted by Gasteiger charge is -2.32. The average molecular weight is 578 g/mol. The largest absolute Gasteiger partial charge is 0.494 e. The van der Waals surface area contributed by atoms with E-state index in [9.17, 15) is 23.1 Å². The second-order valence-electron chi connectivity index (χ2n) is 11.1. The first-order chi connectivity index (χ1) is 19.7. The van der Waals surface area contributed by atoms with Crippen LogP contribution in [0, 0.1) is 5.82 Å². The number of carboxylic acid groups (broad SMARTS) is 1. The normalized spacial score (nSPS) is 23.0. The molecule has 0 bridgehead atoms. The van der Waals surface area contributed by atoms with Crippen molar-refractivity contribution in [2.24, 2.45) is 0 Å². The van der Waals surface area contributed by atoms with Crippen LogP contribution in [0.1, 0.15) is 73.2 Å². The number of rotatable bonds is 11. The number of benzene rings is 1. The third kappa shape index (κ3) is 7.13. The molecule has 0 spiro atoms. The van der Waals surface area contributed by atoms with Crippen LogP contribution >= 0.6 is 0 Å². The van der Waals surface area contributed by atoms with Crippen LogP contribution in [0.3, 0.4) is 0 Å². The number of hydrogen-bond acceptors (Lipinski definition) is 7. The highest BCUT2D eigenvalue weighted by Gasteiger charge is 2.40. The standard InChI is InChI=1S/C30H38F3N3O5/c1-39-26-16-20(35-24-6-4-12-34-27(24)26)5-2-3-14-40-21-10-13-36(17-21)28(29(37)38)23-15-19(31)7-8-22(23)25-9-11-30(32,33)18-41-25/h7-8,15-16,21,25,28,34H,2-6,9-14,17-18H2,1H3,(H,37,38)/t21-,25?,28?/m1/s1. The number of nitrogens with one attached hydrogen (secondary N) is 1. The monoisotopic (exact) mass is 577 g/mol. The van der Waals surface area contributed by atoms with Gasteiger partial charge in [0.2, 0.25) is 0 Å². The Morgan fingerprint density at radius 3 is 2.90 bits per heavy atom. The van der Waals surface area contributed by atoms with Crippen LogP contribution in [-0.4, -0.2) is 72.9 Å². The van der Waals surface area contributed by atoms with Crippen molar-refractivity contribution in [1.82, 2.24) is 9.88 Å². The SMILES string of the molecule is COc1cc(CCCCO[C@@H]2CCN(C(C(=O)O)c3cc(F)ccc3C3CCC(F)(F)CO3)C2)nc2c1NCCC2. The second kappa shape index (κ2) is 13.0. The van der Waals surface area contributed by atoms with Gasteiger partial charge in [0.15, 0.2) is 0 Å². The van der Waals surface area contributed by atoms with Crippen LogP contribution in [0.4, 0.5) is 18.9 Å². The summed E-state index contributed by atoms with van der Waals surface area (Å²) >= 11 is 0.